The fourth-order valence-electron chi connectivity index (χ4n) is 4.50. The molecule has 2 fully saturated rings. The van der Waals surface area contributed by atoms with Gasteiger partial charge < -0.3 is 9.64 Å². The van der Waals surface area contributed by atoms with Gasteiger partial charge in [-0.05, 0) is 50.7 Å². The van der Waals surface area contributed by atoms with E-state index in [2.05, 4.69) is 25.5 Å². The van der Waals surface area contributed by atoms with Crippen LogP contribution in [0.25, 0.3) is 0 Å². The predicted molar refractivity (Wildman–Crippen MR) is 110 cm³/mol. The Morgan fingerprint density at radius 2 is 1.97 bits per heavy atom. The Kier molecular flexibility index (Phi) is 6.80. The van der Waals surface area contributed by atoms with Gasteiger partial charge >= 0.3 is 6.18 Å². The first kappa shape index (κ1) is 23.0. The minimum absolute atomic E-state index is 0.00570. The van der Waals surface area contributed by atoms with Crippen molar-refractivity contribution in [1.82, 2.24) is 25.1 Å². The average molecular weight is 466 g/mol. The molecule has 4 rings (SSSR count). The van der Waals surface area contributed by atoms with Gasteiger partial charge in [0.25, 0.3) is 5.91 Å². The number of hydrogen-bond donors (Lipinski definition) is 2. The van der Waals surface area contributed by atoms with Crippen molar-refractivity contribution in [2.45, 2.75) is 50.7 Å². The Morgan fingerprint density at radius 3 is 2.67 bits per heavy atom. The fourth-order valence-corrected chi connectivity index (χ4v) is 4.50. The van der Waals surface area contributed by atoms with Gasteiger partial charge in [0, 0.05) is 18.7 Å². The van der Waals surface area contributed by atoms with Crippen molar-refractivity contribution in [3.8, 4) is 5.75 Å². The highest BCUT2D eigenvalue weighted by atomic mass is 19.4. The first-order valence-corrected chi connectivity index (χ1v) is 10.9. The summed E-state index contributed by atoms with van der Waals surface area (Å²) in [5, 5.41) is 8.73. The van der Waals surface area contributed by atoms with E-state index in [0.717, 1.165) is 12.8 Å². The minimum Gasteiger partial charge on any atom is -0.489 e. The Hall–Kier alpha value is -3.18. The van der Waals surface area contributed by atoms with Gasteiger partial charge in [-0.3, -0.25) is 14.9 Å². The van der Waals surface area contributed by atoms with Crippen molar-refractivity contribution >= 4 is 17.8 Å². The van der Waals surface area contributed by atoms with Gasteiger partial charge in [-0.1, -0.05) is 0 Å². The SMILES string of the molecule is O=C(Nc1ncn[nH]1)c1ncccc1OCC1CCCN1C(=O)C1CCC(C(F)(F)F)CC1. The van der Waals surface area contributed by atoms with Crippen LogP contribution in [-0.4, -0.2) is 62.2 Å². The van der Waals surface area contributed by atoms with E-state index < -0.39 is 18.0 Å². The molecule has 9 nitrogen and oxygen atoms in total. The van der Waals surface area contributed by atoms with Crippen LogP contribution in [0.5, 0.6) is 5.75 Å². The zero-order valence-electron chi connectivity index (χ0n) is 17.8. The Balaban J connectivity index is 1.35. The van der Waals surface area contributed by atoms with E-state index in [1.165, 1.54) is 12.5 Å². The third kappa shape index (κ3) is 5.42. The molecule has 178 valence electrons. The Bertz CT molecular complexity index is 960. The number of pyridine rings is 1. The number of ether oxygens (including phenoxy) is 1. The molecule has 2 aromatic heterocycles. The number of carbonyl (C=O) groups excluding carboxylic acids is 2. The van der Waals surface area contributed by atoms with Crippen LogP contribution in [0.4, 0.5) is 19.1 Å². The van der Waals surface area contributed by atoms with Crippen LogP contribution < -0.4 is 10.1 Å². The lowest BCUT2D eigenvalue weighted by Gasteiger charge is -2.33. The molecule has 0 spiro atoms. The molecule has 1 unspecified atom stereocenters. The number of halogens is 3. The molecular weight excluding hydrogens is 441 g/mol. The van der Waals surface area contributed by atoms with Gasteiger partial charge in [-0.2, -0.15) is 23.3 Å². The lowest BCUT2D eigenvalue weighted by Crippen LogP contribution is -2.44. The molecule has 0 aromatic carbocycles. The molecule has 1 aliphatic carbocycles. The second-order valence-electron chi connectivity index (χ2n) is 8.37. The number of H-pyrrole nitrogens is 1. The second kappa shape index (κ2) is 9.75. The van der Waals surface area contributed by atoms with Crippen LogP contribution in [0, 0.1) is 11.8 Å². The fraction of sp³-hybridized carbons (Fsp3) is 0.571. The first-order chi connectivity index (χ1) is 15.8. The highest BCUT2D eigenvalue weighted by Gasteiger charge is 2.44. The second-order valence-corrected chi connectivity index (χ2v) is 8.37. The van der Waals surface area contributed by atoms with Crippen molar-refractivity contribution in [2.75, 3.05) is 18.5 Å². The van der Waals surface area contributed by atoms with E-state index in [-0.39, 0.29) is 67.5 Å². The first-order valence-electron chi connectivity index (χ1n) is 10.9. The van der Waals surface area contributed by atoms with E-state index in [9.17, 15) is 22.8 Å². The normalized spacial score (nSPS) is 23.4. The number of alkyl halides is 3. The van der Waals surface area contributed by atoms with Gasteiger partial charge in [0.1, 0.15) is 12.9 Å². The third-order valence-electron chi connectivity index (χ3n) is 6.26. The highest BCUT2D eigenvalue weighted by Crippen LogP contribution is 2.40. The third-order valence-corrected chi connectivity index (χ3v) is 6.26. The topological polar surface area (TPSA) is 113 Å². The number of carbonyl (C=O) groups is 2. The van der Waals surface area contributed by atoms with Crippen molar-refractivity contribution in [2.24, 2.45) is 11.8 Å². The van der Waals surface area contributed by atoms with Crippen molar-refractivity contribution < 1.29 is 27.5 Å². The monoisotopic (exact) mass is 466 g/mol. The maximum atomic E-state index is 13.0. The molecule has 0 bridgehead atoms. The zero-order valence-corrected chi connectivity index (χ0v) is 17.8. The maximum absolute atomic E-state index is 13.0. The standard InChI is InChI=1S/C21H25F3N6O3/c22-21(23,24)14-7-5-13(6-8-14)19(32)30-10-2-3-15(30)11-33-16-4-1-9-25-17(16)18(31)28-20-26-12-27-29-20/h1,4,9,12-15H,2-3,5-8,10-11H2,(H2,26,27,28,29,31). The number of likely N-dealkylation sites (tertiary alicyclic amines) is 1. The summed E-state index contributed by atoms with van der Waals surface area (Å²) in [7, 11) is 0. The molecule has 33 heavy (non-hydrogen) atoms. The van der Waals surface area contributed by atoms with Crippen LogP contribution in [0.15, 0.2) is 24.7 Å². The molecular formula is C21H25F3N6O3. The summed E-state index contributed by atoms with van der Waals surface area (Å²) in [6, 6.07) is 3.04. The molecule has 2 aromatic rings. The number of nitrogens with one attached hydrogen (secondary N) is 2. The summed E-state index contributed by atoms with van der Waals surface area (Å²) in [5.41, 5.74) is 0.0650. The summed E-state index contributed by atoms with van der Waals surface area (Å²) < 4.78 is 44.7. The number of rotatable bonds is 6. The van der Waals surface area contributed by atoms with Crippen LogP contribution in [0.3, 0.4) is 0 Å². The Morgan fingerprint density at radius 1 is 1.18 bits per heavy atom. The van der Waals surface area contributed by atoms with Gasteiger partial charge in [0.2, 0.25) is 11.9 Å². The van der Waals surface area contributed by atoms with E-state index in [4.69, 9.17) is 4.74 Å². The van der Waals surface area contributed by atoms with E-state index in [1.807, 2.05) is 0 Å². The van der Waals surface area contributed by atoms with Crippen LogP contribution in [0.1, 0.15) is 49.0 Å². The number of nitrogens with zero attached hydrogens (tertiary/aromatic N) is 4. The number of aromatic nitrogens is 4. The lowest BCUT2D eigenvalue weighted by atomic mass is 9.81. The smallest absolute Gasteiger partial charge is 0.391 e. The highest BCUT2D eigenvalue weighted by molar-refractivity contribution is 6.03. The van der Waals surface area contributed by atoms with Crippen LogP contribution in [0.2, 0.25) is 0 Å². The van der Waals surface area contributed by atoms with Gasteiger partial charge in [-0.25, -0.2) is 10.1 Å². The summed E-state index contributed by atoms with van der Waals surface area (Å²) in [6.07, 6.45) is 0.537. The van der Waals surface area contributed by atoms with Gasteiger partial charge in [0.15, 0.2) is 11.4 Å². The summed E-state index contributed by atoms with van der Waals surface area (Å²) in [6.45, 7) is 0.718. The Labute approximate surface area is 188 Å². The molecule has 12 heteroatoms. The van der Waals surface area contributed by atoms with Crippen molar-refractivity contribution in [1.29, 1.82) is 0 Å². The molecule has 3 heterocycles. The van der Waals surface area contributed by atoms with E-state index in [0.29, 0.717) is 6.54 Å². The number of anilines is 1. The van der Waals surface area contributed by atoms with Crippen LogP contribution >= 0.6 is 0 Å². The van der Waals surface area contributed by atoms with Crippen molar-refractivity contribution in [3.63, 3.8) is 0 Å². The van der Waals surface area contributed by atoms with E-state index >= 15 is 0 Å². The molecule has 1 saturated heterocycles. The predicted octanol–water partition coefficient (Wildman–Crippen LogP) is 3.19. The molecule has 1 atom stereocenters. The van der Waals surface area contributed by atoms with Gasteiger partial charge in [0.05, 0.1) is 12.0 Å². The zero-order chi connectivity index (χ0) is 23.4. The summed E-state index contributed by atoms with van der Waals surface area (Å²) in [4.78, 5) is 35.2. The molecule has 2 N–H and O–H groups in total. The lowest BCUT2D eigenvalue weighted by molar-refractivity contribution is -0.185. The molecule has 1 saturated carbocycles. The summed E-state index contributed by atoms with van der Waals surface area (Å²) >= 11 is 0. The van der Waals surface area contributed by atoms with Crippen LogP contribution in [-0.2, 0) is 4.79 Å². The maximum Gasteiger partial charge on any atom is 0.391 e. The molecule has 1 aliphatic heterocycles. The molecule has 2 amide bonds. The van der Waals surface area contributed by atoms with E-state index in [1.54, 1.807) is 17.0 Å². The minimum atomic E-state index is -4.20. The molecule has 2 aliphatic rings. The molecule has 0 radical (unpaired) electrons. The largest absolute Gasteiger partial charge is 0.489 e. The number of aromatic amines is 1. The van der Waals surface area contributed by atoms with Gasteiger partial charge in [-0.15, -0.1) is 0 Å². The quantitative estimate of drug-likeness (QED) is 0.676. The summed E-state index contributed by atoms with van der Waals surface area (Å²) in [5.74, 6) is -1.89. The van der Waals surface area contributed by atoms with Crippen molar-refractivity contribution in [3.05, 3.63) is 30.4 Å². The number of hydrogen-bond acceptors (Lipinski definition) is 6. The number of amides is 2. The average Bonchev–Trinajstić information content (AvgIpc) is 3.49.